The van der Waals surface area contributed by atoms with Gasteiger partial charge in [-0.15, -0.1) is 12.4 Å². The molecule has 2 saturated heterocycles. The molecular formula is C14H19BrClN. The molecule has 3 rings (SSSR count). The Morgan fingerprint density at radius 2 is 1.76 bits per heavy atom. The number of piperidine rings is 1. The van der Waals surface area contributed by atoms with Crippen molar-refractivity contribution in [1.82, 2.24) is 4.90 Å². The van der Waals surface area contributed by atoms with Crippen LogP contribution >= 0.6 is 28.3 Å². The quantitative estimate of drug-likeness (QED) is 0.734. The van der Waals surface area contributed by atoms with Crippen molar-refractivity contribution in [2.75, 3.05) is 6.54 Å². The highest BCUT2D eigenvalue weighted by atomic mass is 79.9. The van der Waals surface area contributed by atoms with E-state index in [9.17, 15) is 0 Å². The highest BCUT2D eigenvalue weighted by Gasteiger charge is 2.35. The zero-order chi connectivity index (χ0) is 11.0. The summed E-state index contributed by atoms with van der Waals surface area (Å²) in [6, 6.07) is 10.5. The Balaban J connectivity index is 0.00000108. The second-order valence-corrected chi connectivity index (χ2v) is 5.95. The molecule has 0 aliphatic carbocycles. The maximum absolute atomic E-state index is 3.51. The van der Waals surface area contributed by atoms with Gasteiger partial charge in [-0.3, -0.25) is 4.90 Å². The summed E-state index contributed by atoms with van der Waals surface area (Å²) in [5.74, 6) is 0. The van der Waals surface area contributed by atoms with Gasteiger partial charge in [0.2, 0.25) is 0 Å². The van der Waals surface area contributed by atoms with Crippen molar-refractivity contribution in [3.8, 4) is 0 Å². The zero-order valence-electron chi connectivity index (χ0n) is 9.94. The molecule has 0 radical (unpaired) electrons. The minimum Gasteiger partial charge on any atom is -0.293 e. The van der Waals surface area contributed by atoms with Crippen LogP contribution in [0.15, 0.2) is 28.7 Å². The summed E-state index contributed by atoms with van der Waals surface area (Å²) >= 11 is 3.51. The molecule has 2 heterocycles. The van der Waals surface area contributed by atoms with Gasteiger partial charge in [0.25, 0.3) is 0 Å². The van der Waals surface area contributed by atoms with Crippen LogP contribution in [0.5, 0.6) is 0 Å². The van der Waals surface area contributed by atoms with Gasteiger partial charge in [-0.1, -0.05) is 34.5 Å². The highest BCUT2D eigenvalue weighted by molar-refractivity contribution is 9.10. The van der Waals surface area contributed by atoms with Gasteiger partial charge in [-0.05, 0) is 49.9 Å². The largest absolute Gasteiger partial charge is 0.293 e. The summed E-state index contributed by atoms with van der Waals surface area (Å²) < 4.78 is 1.18. The summed E-state index contributed by atoms with van der Waals surface area (Å²) in [6.07, 6.45) is 7.01. The normalized spacial score (nSPS) is 28.5. The smallest absolute Gasteiger partial charge is 0.0351 e. The Kier molecular flexibility index (Phi) is 4.51. The van der Waals surface area contributed by atoms with E-state index >= 15 is 0 Å². The molecule has 0 saturated carbocycles. The average Bonchev–Trinajstić information content (AvgIpc) is 2.74. The summed E-state index contributed by atoms with van der Waals surface area (Å²) in [5.41, 5.74) is 1.51. The van der Waals surface area contributed by atoms with Crippen molar-refractivity contribution >= 4 is 28.3 Å². The van der Waals surface area contributed by atoms with E-state index in [0.29, 0.717) is 6.04 Å². The fourth-order valence-corrected chi connectivity index (χ4v) is 3.57. The van der Waals surface area contributed by atoms with Crippen molar-refractivity contribution in [2.24, 2.45) is 0 Å². The lowest BCUT2D eigenvalue weighted by molar-refractivity contribution is 0.150. The van der Waals surface area contributed by atoms with Crippen LogP contribution in [-0.4, -0.2) is 17.5 Å². The first kappa shape index (κ1) is 13.4. The summed E-state index contributed by atoms with van der Waals surface area (Å²) in [4.78, 5) is 2.74. The van der Waals surface area contributed by atoms with E-state index in [1.54, 1.807) is 0 Å². The van der Waals surface area contributed by atoms with Crippen LogP contribution in [0.4, 0.5) is 0 Å². The predicted octanol–water partition coefficient (Wildman–Crippen LogP) is 4.56. The minimum atomic E-state index is 0. The fraction of sp³-hybridized carbons (Fsp3) is 0.571. The maximum atomic E-state index is 3.51. The van der Waals surface area contributed by atoms with Crippen LogP contribution in [0.25, 0.3) is 0 Å². The molecule has 17 heavy (non-hydrogen) atoms. The Bertz CT molecular complexity index is 365. The first-order chi connectivity index (χ1) is 7.84. The lowest BCUT2D eigenvalue weighted by Gasteiger charge is -2.34. The number of fused-ring (bicyclic) bond motifs is 1. The topological polar surface area (TPSA) is 3.24 Å². The van der Waals surface area contributed by atoms with E-state index in [-0.39, 0.29) is 12.4 Å². The molecule has 3 heteroatoms. The molecule has 0 bridgehead atoms. The van der Waals surface area contributed by atoms with Gasteiger partial charge < -0.3 is 0 Å². The molecule has 0 amide bonds. The fourth-order valence-electron chi connectivity index (χ4n) is 3.30. The van der Waals surface area contributed by atoms with Crippen molar-refractivity contribution in [1.29, 1.82) is 0 Å². The lowest BCUT2D eigenvalue weighted by Crippen LogP contribution is -2.35. The predicted molar refractivity (Wildman–Crippen MR) is 77.7 cm³/mol. The monoisotopic (exact) mass is 315 g/mol. The van der Waals surface area contributed by atoms with E-state index < -0.39 is 0 Å². The van der Waals surface area contributed by atoms with Crippen LogP contribution in [0.1, 0.15) is 43.7 Å². The molecule has 1 aromatic carbocycles. The van der Waals surface area contributed by atoms with Crippen LogP contribution in [0.2, 0.25) is 0 Å². The number of hydrogen-bond acceptors (Lipinski definition) is 1. The number of halogens is 2. The number of nitrogens with zero attached hydrogens (tertiary/aromatic N) is 1. The molecule has 2 aliphatic rings. The van der Waals surface area contributed by atoms with E-state index in [1.807, 2.05) is 0 Å². The van der Waals surface area contributed by atoms with Crippen LogP contribution < -0.4 is 0 Å². The Labute approximate surface area is 118 Å². The third-order valence-electron chi connectivity index (χ3n) is 4.10. The van der Waals surface area contributed by atoms with Crippen molar-refractivity contribution in [3.05, 3.63) is 34.3 Å². The van der Waals surface area contributed by atoms with E-state index in [4.69, 9.17) is 0 Å². The van der Waals surface area contributed by atoms with Crippen molar-refractivity contribution < 1.29 is 0 Å². The van der Waals surface area contributed by atoms with Crippen molar-refractivity contribution in [2.45, 2.75) is 44.2 Å². The van der Waals surface area contributed by atoms with Crippen molar-refractivity contribution in [3.63, 3.8) is 0 Å². The first-order valence-corrected chi connectivity index (χ1v) is 7.15. The Hall–Kier alpha value is -0.0500. The van der Waals surface area contributed by atoms with Gasteiger partial charge in [-0.25, -0.2) is 0 Å². The first-order valence-electron chi connectivity index (χ1n) is 6.36. The zero-order valence-corrected chi connectivity index (χ0v) is 12.3. The Morgan fingerprint density at radius 1 is 1.00 bits per heavy atom. The third-order valence-corrected chi connectivity index (χ3v) is 4.63. The molecule has 1 nitrogen and oxygen atoms in total. The third kappa shape index (κ3) is 2.69. The number of benzene rings is 1. The van der Waals surface area contributed by atoms with Gasteiger partial charge in [0.1, 0.15) is 0 Å². The van der Waals surface area contributed by atoms with E-state index in [1.165, 1.54) is 48.7 Å². The molecular weight excluding hydrogens is 298 g/mol. The summed E-state index contributed by atoms with van der Waals surface area (Å²) in [5, 5.41) is 0. The highest BCUT2D eigenvalue weighted by Crippen LogP contribution is 2.40. The van der Waals surface area contributed by atoms with Crippen LogP contribution in [0.3, 0.4) is 0 Å². The molecule has 1 aromatic rings. The van der Waals surface area contributed by atoms with Gasteiger partial charge in [0.15, 0.2) is 0 Å². The number of hydrogen-bond donors (Lipinski definition) is 0. The molecule has 0 aromatic heterocycles. The standard InChI is InChI=1S/C14H18BrN.ClH/c15-12-6-4-11(5-7-12)14-9-8-13-3-1-2-10-16(13)14;/h4-7,13-14H,1-3,8-10H2;1H/t13-,14-;/m1./s1. The number of rotatable bonds is 1. The van der Waals surface area contributed by atoms with Gasteiger partial charge in [0.05, 0.1) is 0 Å². The van der Waals surface area contributed by atoms with Crippen LogP contribution in [0, 0.1) is 0 Å². The molecule has 0 unspecified atom stereocenters. The van der Waals surface area contributed by atoms with Crippen LogP contribution in [-0.2, 0) is 0 Å². The molecule has 0 spiro atoms. The summed E-state index contributed by atoms with van der Waals surface area (Å²) in [6.45, 7) is 1.31. The van der Waals surface area contributed by atoms with E-state index in [2.05, 4.69) is 45.1 Å². The lowest BCUT2D eigenvalue weighted by atomic mass is 10.0. The Morgan fingerprint density at radius 3 is 2.53 bits per heavy atom. The SMILES string of the molecule is Brc1ccc([C@H]2CC[C@H]3CCCCN32)cc1.Cl. The molecule has 0 N–H and O–H groups in total. The maximum Gasteiger partial charge on any atom is 0.0351 e. The molecule has 94 valence electrons. The van der Waals surface area contributed by atoms with E-state index in [0.717, 1.165) is 6.04 Å². The molecule has 2 aliphatic heterocycles. The van der Waals surface area contributed by atoms with Gasteiger partial charge in [0, 0.05) is 16.6 Å². The van der Waals surface area contributed by atoms with Gasteiger partial charge in [-0.2, -0.15) is 0 Å². The second-order valence-electron chi connectivity index (χ2n) is 5.03. The van der Waals surface area contributed by atoms with Gasteiger partial charge >= 0.3 is 0 Å². The molecule has 2 atom stereocenters. The molecule has 2 fully saturated rings. The average molecular weight is 317 g/mol. The summed E-state index contributed by atoms with van der Waals surface area (Å²) in [7, 11) is 0. The minimum absolute atomic E-state index is 0. The second kappa shape index (κ2) is 5.73.